The Hall–Kier alpha value is -3.25. The molecule has 0 radical (unpaired) electrons. The van der Waals surface area contributed by atoms with Crippen molar-refractivity contribution in [3.63, 3.8) is 0 Å². The van der Waals surface area contributed by atoms with E-state index in [2.05, 4.69) is 17.8 Å². The Labute approximate surface area is 166 Å². The molecule has 3 aromatic rings. The molecule has 0 spiro atoms. The summed E-state index contributed by atoms with van der Waals surface area (Å²) in [5.74, 6) is 5.74. The van der Waals surface area contributed by atoms with Gasteiger partial charge in [-0.15, -0.1) is 6.42 Å². The van der Waals surface area contributed by atoms with Gasteiger partial charge in [0.2, 0.25) is 0 Å². The molecule has 1 heterocycles. The van der Waals surface area contributed by atoms with Gasteiger partial charge >= 0.3 is 0 Å². The standard InChI is InChI=1S/C24H15F3O2/c1-2-15-13-28-24(29-14-15)19-8-7-17(21(25)11-19)5-3-16-4-6-18-10-22(26)23(27)12-20(18)9-16/h1,4,6-12,15,24H,13-14H2. The molecule has 0 atom stereocenters. The third-order valence-corrected chi connectivity index (χ3v) is 4.62. The second kappa shape index (κ2) is 8.01. The van der Waals surface area contributed by atoms with Gasteiger partial charge in [-0.25, -0.2) is 13.2 Å². The van der Waals surface area contributed by atoms with Crippen molar-refractivity contribution in [2.24, 2.45) is 5.92 Å². The van der Waals surface area contributed by atoms with Crippen LogP contribution >= 0.6 is 0 Å². The van der Waals surface area contributed by atoms with Crippen molar-refractivity contribution < 1.29 is 22.6 Å². The zero-order valence-electron chi connectivity index (χ0n) is 15.2. The van der Waals surface area contributed by atoms with Crippen LogP contribution in [0.15, 0.2) is 48.5 Å². The molecule has 3 aromatic carbocycles. The fourth-order valence-corrected chi connectivity index (χ4v) is 3.03. The lowest BCUT2D eigenvalue weighted by Crippen LogP contribution is -2.26. The lowest BCUT2D eigenvalue weighted by atomic mass is 10.1. The summed E-state index contributed by atoms with van der Waals surface area (Å²) in [7, 11) is 0. The predicted octanol–water partition coefficient (Wildman–Crippen LogP) is 4.95. The Balaban J connectivity index is 1.55. The van der Waals surface area contributed by atoms with E-state index in [1.807, 2.05) is 0 Å². The molecule has 144 valence electrons. The average Bonchev–Trinajstić information content (AvgIpc) is 2.74. The van der Waals surface area contributed by atoms with E-state index in [4.69, 9.17) is 15.9 Å². The van der Waals surface area contributed by atoms with E-state index >= 15 is 0 Å². The van der Waals surface area contributed by atoms with Crippen molar-refractivity contribution in [3.8, 4) is 24.2 Å². The molecule has 0 unspecified atom stereocenters. The number of hydrogen-bond donors (Lipinski definition) is 0. The van der Waals surface area contributed by atoms with Gasteiger partial charge in [-0.05, 0) is 47.2 Å². The zero-order valence-corrected chi connectivity index (χ0v) is 15.2. The maximum Gasteiger partial charge on any atom is 0.184 e. The van der Waals surface area contributed by atoms with Crippen LogP contribution in [-0.2, 0) is 9.47 Å². The third-order valence-electron chi connectivity index (χ3n) is 4.62. The van der Waals surface area contributed by atoms with Crippen molar-refractivity contribution in [1.29, 1.82) is 0 Å². The Morgan fingerprint density at radius 2 is 1.52 bits per heavy atom. The van der Waals surface area contributed by atoms with Gasteiger partial charge in [0.25, 0.3) is 0 Å². The van der Waals surface area contributed by atoms with E-state index in [1.165, 1.54) is 6.07 Å². The minimum Gasteiger partial charge on any atom is -0.347 e. The molecular formula is C24H15F3O2. The van der Waals surface area contributed by atoms with Gasteiger partial charge in [0.05, 0.1) is 24.7 Å². The van der Waals surface area contributed by atoms with Gasteiger partial charge in [0.15, 0.2) is 17.9 Å². The van der Waals surface area contributed by atoms with Crippen LogP contribution in [0.3, 0.4) is 0 Å². The maximum absolute atomic E-state index is 14.5. The molecule has 0 amide bonds. The van der Waals surface area contributed by atoms with Gasteiger partial charge in [-0.3, -0.25) is 0 Å². The van der Waals surface area contributed by atoms with Crippen LogP contribution in [0.2, 0.25) is 0 Å². The van der Waals surface area contributed by atoms with E-state index in [0.29, 0.717) is 35.1 Å². The summed E-state index contributed by atoms with van der Waals surface area (Å²) >= 11 is 0. The van der Waals surface area contributed by atoms with Gasteiger partial charge in [0, 0.05) is 11.1 Å². The average molecular weight is 392 g/mol. The van der Waals surface area contributed by atoms with E-state index < -0.39 is 23.7 Å². The highest BCUT2D eigenvalue weighted by Gasteiger charge is 2.22. The summed E-state index contributed by atoms with van der Waals surface area (Å²) in [6, 6.07) is 11.7. The molecule has 0 aromatic heterocycles. The van der Waals surface area contributed by atoms with Crippen LogP contribution in [-0.4, -0.2) is 13.2 Å². The zero-order chi connectivity index (χ0) is 20.4. The van der Waals surface area contributed by atoms with E-state index in [0.717, 1.165) is 12.1 Å². The van der Waals surface area contributed by atoms with Crippen molar-refractivity contribution in [3.05, 3.63) is 82.7 Å². The summed E-state index contributed by atoms with van der Waals surface area (Å²) in [5.41, 5.74) is 1.31. The van der Waals surface area contributed by atoms with Crippen molar-refractivity contribution >= 4 is 10.8 Å². The minimum atomic E-state index is -0.926. The van der Waals surface area contributed by atoms with Crippen molar-refractivity contribution in [1.82, 2.24) is 0 Å². The topological polar surface area (TPSA) is 18.5 Å². The number of fused-ring (bicyclic) bond motifs is 1. The van der Waals surface area contributed by atoms with Crippen LogP contribution < -0.4 is 0 Å². The number of benzene rings is 3. The van der Waals surface area contributed by atoms with Gasteiger partial charge < -0.3 is 9.47 Å². The summed E-state index contributed by atoms with van der Waals surface area (Å²) in [6.45, 7) is 0.716. The number of ether oxygens (including phenoxy) is 2. The smallest absolute Gasteiger partial charge is 0.184 e. The first-order valence-corrected chi connectivity index (χ1v) is 8.93. The first kappa shape index (κ1) is 19.1. The molecule has 29 heavy (non-hydrogen) atoms. The molecule has 1 saturated heterocycles. The molecular weight excluding hydrogens is 377 g/mol. The van der Waals surface area contributed by atoms with Gasteiger partial charge in [0.1, 0.15) is 5.82 Å². The highest BCUT2D eigenvalue weighted by molar-refractivity contribution is 5.84. The van der Waals surface area contributed by atoms with E-state index in [1.54, 1.807) is 30.3 Å². The summed E-state index contributed by atoms with van der Waals surface area (Å²) in [5, 5.41) is 1.08. The molecule has 1 aliphatic rings. The Kier molecular flexibility index (Phi) is 5.27. The molecule has 0 saturated carbocycles. The van der Waals surface area contributed by atoms with Crippen LogP contribution in [0.1, 0.15) is 23.0 Å². The summed E-state index contributed by atoms with van der Waals surface area (Å²) in [4.78, 5) is 0. The maximum atomic E-state index is 14.5. The van der Waals surface area contributed by atoms with Crippen molar-refractivity contribution in [2.45, 2.75) is 6.29 Å². The largest absolute Gasteiger partial charge is 0.347 e. The molecule has 0 aliphatic carbocycles. The number of terminal acetylenes is 1. The fraction of sp³-hybridized carbons (Fsp3) is 0.167. The molecule has 0 bridgehead atoms. The van der Waals surface area contributed by atoms with Crippen LogP contribution in [0.4, 0.5) is 13.2 Å². The summed E-state index contributed by atoms with van der Waals surface area (Å²) < 4.78 is 52.2. The predicted molar refractivity (Wildman–Crippen MR) is 103 cm³/mol. The second-order valence-corrected chi connectivity index (χ2v) is 6.68. The molecule has 0 N–H and O–H groups in total. The fourth-order valence-electron chi connectivity index (χ4n) is 3.03. The lowest BCUT2D eigenvalue weighted by Gasteiger charge is -2.27. The quantitative estimate of drug-likeness (QED) is 0.546. The molecule has 1 fully saturated rings. The van der Waals surface area contributed by atoms with Crippen LogP contribution in [0, 0.1) is 47.6 Å². The van der Waals surface area contributed by atoms with Gasteiger partial charge in [-0.1, -0.05) is 29.9 Å². The monoisotopic (exact) mass is 392 g/mol. The minimum absolute atomic E-state index is 0.104. The Morgan fingerprint density at radius 1 is 0.793 bits per heavy atom. The number of halogens is 3. The molecule has 2 nitrogen and oxygen atoms in total. The van der Waals surface area contributed by atoms with Crippen LogP contribution in [0.5, 0.6) is 0 Å². The van der Waals surface area contributed by atoms with Crippen LogP contribution in [0.25, 0.3) is 10.8 Å². The first-order valence-electron chi connectivity index (χ1n) is 8.93. The molecule has 1 aliphatic heterocycles. The highest BCUT2D eigenvalue weighted by atomic mass is 19.2. The highest BCUT2D eigenvalue weighted by Crippen LogP contribution is 2.26. The van der Waals surface area contributed by atoms with Crippen molar-refractivity contribution in [2.75, 3.05) is 13.2 Å². The Morgan fingerprint density at radius 3 is 2.21 bits per heavy atom. The normalized spacial score (nSPS) is 18.7. The summed E-state index contributed by atoms with van der Waals surface area (Å²) in [6.07, 6.45) is 4.68. The molecule has 4 rings (SSSR count). The second-order valence-electron chi connectivity index (χ2n) is 6.68. The number of hydrogen-bond acceptors (Lipinski definition) is 2. The lowest BCUT2D eigenvalue weighted by molar-refractivity contribution is -0.196. The van der Waals surface area contributed by atoms with E-state index in [9.17, 15) is 13.2 Å². The molecule has 5 heteroatoms. The number of rotatable bonds is 1. The first-order chi connectivity index (χ1) is 14.0. The van der Waals surface area contributed by atoms with E-state index in [-0.39, 0.29) is 11.5 Å². The Bertz CT molecular complexity index is 1180. The SMILES string of the molecule is C#CC1COC(c2ccc(C#Cc3ccc4cc(F)c(F)cc4c3)c(F)c2)OC1. The third kappa shape index (κ3) is 4.12. The van der Waals surface area contributed by atoms with Gasteiger partial charge in [-0.2, -0.15) is 0 Å².